The van der Waals surface area contributed by atoms with Gasteiger partial charge in [0, 0.05) is 11.5 Å². The summed E-state index contributed by atoms with van der Waals surface area (Å²) in [4.78, 5) is 0. The van der Waals surface area contributed by atoms with Gasteiger partial charge in [0.15, 0.2) is 0 Å². The van der Waals surface area contributed by atoms with Crippen molar-refractivity contribution in [1.29, 1.82) is 0 Å². The molecule has 0 nitrogen and oxygen atoms in total. The van der Waals surface area contributed by atoms with E-state index in [2.05, 4.69) is 84.2 Å². The van der Waals surface area contributed by atoms with E-state index in [1.165, 1.54) is 57.4 Å². The first-order valence-corrected chi connectivity index (χ1v) is 10.9. The van der Waals surface area contributed by atoms with Crippen LogP contribution in [0.15, 0.2) is 60.7 Å². The van der Waals surface area contributed by atoms with E-state index in [1.807, 2.05) is 0 Å². The third-order valence-corrected chi connectivity index (χ3v) is 6.70. The van der Waals surface area contributed by atoms with Crippen LogP contribution in [0.2, 0.25) is 0 Å². The Kier molecular flexibility index (Phi) is 5.15. The van der Waals surface area contributed by atoms with Crippen molar-refractivity contribution in [3.8, 4) is 0 Å². The van der Waals surface area contributed by atoms with Crippen LogP contribution >= 0.6 is 23.5 Å². The van der Waals surface area contributed by atoms with E-state index in [-0.39, 0.29) is 0 Å². The standard InChI is InChI=1S/C22H22S2/c1-2-7-22-20-9-8-19(21(22)6-1)15-23-12-10-17-4-3-5-18(14-17)11-13-24-16-20/h1-9,14H,10-13,15-16H2. The van der Waals surface area contributed by atoms with E-state index in [0.29, 0.717) is 0 Å². The molecule has 2 aliphatic rings. The SMILES string of the molecule is c1cc2cc(c1)CCSCc1ccc(c3ccccc13)CSCC2. The number of thioether (sulfide) groups is 2. The van der Waals surface area contributed by atoms with Gasteiger partial charge in [-0.05, 0) is 57.4 Å². The zero-order chi connectivity index (χ0) is 16.2. The Hall–Kier alpha value is -1.38. The highest BCUT2D eigenvalue weighted by molar-refractivity contribution is 7.98. The topological polar surface area (TPSA) is 0 Å². The van der Waals surface area contributed by atoms with Crippen LogP contribution in [0.1, 0.15) is 22.3 Å². The molecule has 0 atom stereocenters. The Labute approximate surface area is 153 Å². The molecule has 0 N–H and O–H groups in total. The quantitative estimate of drug-likeness (QED) is 0.480. The van der Waals surface area contributed by atoms with Crippen LogP contribution in [-0.4, -0.2) is 11.5 Å². The molecular weight excluding hydrogens is 328 g/mol. The van der Waals surface area contributed by atoms with Crippen LogP contribution in [0.3, 0.4) is 0 Å². The molecule has 2 aliphatic heterocycles. The highest BCUT2D eigenvalue weighted by Gasteiger charge is 2.07. The van der Waals surface area contributed by atoms with Gasteiger partial charge in [0.1, 0.15) is 0 Å². The molecule has 24 heavy (non-hydrogen) atoms. The van der Waals surface area contributed by atoms with Crippen molar-refractivity contribution < 1.29 is 0 Å². The van der Waals surface area contributed by atoms with Gasteiger partial charge in [0.05, 0.1) is 0 Å². The number of rotatable bonds is 0. The smallest absolute Gasteiger partial charge is 0.0190 e. The summed E-state index contributed by atoms with van der Waals surface area (Å²) in [6.07, 6.45) is 2.34. The predicted octanol–water partition coefficient (Wildman–Crippen LogP) is 6.11. The zero-order valence-corrected chi connectivity index (χ0v) is 15.5. The molecule has 3 aromatic rings. The van der Waals surface area contributed by atoms with Gasteiger partial charge in [-0.3, -0.25) is 0 Å². The molecule has 0 amide bonds. The number of hydrogen-bond donors (Lipinski definition) is 0. The highest BCUT2D eigenvalue weighted by atomic mass is 32.2. The lowest BCUT2D eigenvalue weighted by atomic mass is 10.0. The van der Waals surface area contributed by atoms with Gasteiger partial charge in [-0.2, -0.15) is 23.5 Å². The normalized spacial score (nSPS) is 15.8. The van der Waals surface area contributed by atoms with E-state index in [4.69, 9.17) is 0 Å². The van der Waals surface area contributed by atoms with Gasteiger partial charge in [0.2, 0.25) is 0 Å². The fourth-order valence-corrected chi connectivity index (χ4v) is 5.35. The summed E-state index contributed by atoms with van der Waals surface area (Å²) in [6.45, 7) is 0. The van der Waals surface area contributed by atoms with Gasteiger partial charge < -0.3 is 0 Å². The molecule has 0 saturated heterocycles. The lowest BCUT2D eigenvalue weighted by Crippen LogP contribution is -1.93. The van der Waals surface area contributed by atoms with Crippen LogP contribution in [-0.2, 0) is 24.3 Å². The summed E-state index contributed by atoms with van der Waals surface area (Å²) in [5.74, 6) is 4.59. The molecule has 0 unspecified atom stereocenters. The third-order valence-electron chi connectivity index (χ3n) is 4.68. The summed E-state index contributed by atoms with van der Waals surface area (Å²) in [7, 11) is 0. The second kappa shape index (κ2) is 7.67. The zero-order valence-electron chi connectivity index (χ0n) is 13.8. The van der Waals surface area contributed by atoms with Crippen LogP contribution < -0.4 is 0 Å². The molecule has 0 saturated carbocycles. The molecule has 0 aromatic heterocycles. The van der Waals surface area contributed by atoms with Crippen molar-refractivity contribution in [3.63, 3.8) is 0 Å². The minimum absolute atomic E-state index is 1.10. The van der Waals surface area contributed by atoms with Gasteiger partial charge in [-0.25, -0.2) is 0 Å². The van der Waals surface area contributed by atoms with Crippen molar-refractivity contribution in [3.05, 3.63) is 82.9 Å². The molecule has 4 bridgehead atoms. The summed E-state index contributed by atoms with van der Waals surface area (Å²) < 4.78 is 0. The third kappa shape index (κ3) is 3.65. The average molecular weight is 351 g/mol. The Balaban J connectivity index is 1.65. The molecule has 0 spiro atoms. The average Bonchev–Trinajstić information content (AvgIpc) is 2.63. The van der Waals surface area contributed by atoms with E-state index in [9.17, 15) is 0 Å². The van der Waals surface area contributed by atoms with Gasteiger partial charge in [-0.1, -0.05) is 60.7 Å². The Morgan fingerprint density at radius 2 is 1.12 bits per heavy atom. The van der Waals surface area contributed by atoms with Crippen molar-refractivity contribution in [2.45, 2.75) is 24.3 Å². The van der Waals surface area contributed by atoms with Crippen molar-refractivity contribution in [2.75, 3.05) is 11.5 Å². The molecule has 2 heterocycles. The molecule has 122 valence electrons. The number of aryl methyl sites for hydroxylation is 2. The summed E-state index contributed by atoms with van der Waals surface area (Å²) in [5, 5.41) is 2.89. The maximum Gasteiger partial charge on any atom is 0.0190 e. The lowest BCUT2D eigenvalue weighted by Gasteiger charge is -2.11. The Morgan fingerprint density at radius 1 is 0.583 bits per heavy atom. The first-order chi connectivity index (χ1) is 11.9. The molecular formula is C22H22S2. The van der Waals surface area contributed by atoms with Gasteiger partial charge in [-0.15, -0.1) is 0 Å². The molecule has 3 aromatic carbocycles. The number of benzene rings is 3. The first kappa shape index (κ1) is 16.1. The summed E-state index contributed by atoms with van der Waals surface area (Å²) in [5.41, 5.74) is 5.93. The molecule has 0 aliphatic carbocycles. The fraction of sp³-hybridized carbons (Fsp3) is 0.273. The minimum Gasteiger partial charge on any atom is -0.157 e. The van der Waals surface area contributed by atoms with Crippen LogP contribution in [0, 0.1) is 0 Å². The fourth-order valence-electron chi connectivity index (χ4n) is 3.36. The van der Waals surface area contributed by atoms with Crippen molar-refractivity contribution in [2.24, 2.45) is 0 Å². The molecule has 5 rings (SSSR count). The molecule has 0 radical (unpaired) electrons. The van der Waals surface area contributed by atoms with E-state index < -0.39 is 0 Å². The number of fused-ring (bicyclic) bond motifs is 7. The van der Waals surface area contributed by atoms with E-state index >= 15 is 0 Å². The van der Waals surface area contributed by atoms with Crippen LogP contribution in [0.4, 0.5) is 0 Å². The number of hydrogen-bond acceptors (Lipinski definition) is 2. The van der Waals surface area contributed by atoms with Crippen LogP contribution in [0.5, 0.6) is 0 Å². The Bertz CT molecular complexity index is 772. The lowest BCUT2D eigenvalue weighted by molar-refractivity contribution is 1.10. The molecule has 0 fully saturated rings. The predicted molar refractivity (Wildman–Crippen MR) is 110 cm³/mol. The van der Waals surface area contributed by atoms with Crippen LogP contribution in [0.25, 0.3) is 10.8 Å². The highest BCUT2D eigenvalue weighted by Crippen LogP contribution is 2.29. The first-order valence-electron chi connectivity index (χ1n) is 8.63. The summed E-state index contributed by atoms with van der Waals surface area (Å²) in [6, 6.07) is 22.8. The largest absolute Gasteiger partial charge is 0.157 e. The van der Waals surface area contributed by atoms with Crippen molar-refractivity contribution in [1.82, 2.24) is 0 Å². The van der Waals surface area contributed by atoms with E-state index in [1.54, 1.807) is 0 Å². The minimum atomic E-state index is 1.10. The van der Waals surface area contributed by atoms with Gasteiger partial charge >= 0.3 is 0 Å². The summed E-state index contributed by atoms with van der Waals surface area (Å²) >= 11 is 4.11. The second-order valence-electron chi connectivity index (χ2n) is 6.35. The van der Waals surface area contributed by atoms with Gasteiger partial charge in [0.25, 0.3) is 0 Å². The second-order valence-corrected chi connectivity index (χ2v) is 8.56. The maximum atomic E-state index is 2.41. The Morgan fingerprint density at radius 3 is 1.67 bits per heavy atom. The maximum absolute atomic E-state index is 2.41. The van der Waals surface area contributed by atoms with E-state index in [0.717, 1.165) is 11.5 Å². The monoisotopic (exact) mass is 350 g/mol. The molecule has 2 heteroatoms. The van der Waals surface area contributed by atoms with Crippen molar-refractivity contribution >= 4 is 34.3 Å².